The van der Waals surface area contributed by atoms with Crippen molar-refractivity contribution in [2.45, 2.75) is 26.3 Å². The van der Waals surface area contributed by atoms with Crippen molar-refractivity contribution in [3.05, 3.63) is 23.8 Å². The summed E-state index contributed by atoms with van der Waals surface area (Å²) >= 11 is 0. The number of hydrogen-bond donors (Lipinski definition) is 1. The highest BCUT2D eigenvalue weighted by molar-refractivity contribution is 5.92. The third kappa shape index (κ3) is 3.96. The maximum Gasteiger partial charge on any atom is 0.338 e. The van der Waals surface area contributed by atoms with Crippen molar-refractivity contribution in [3.8, 4) is 17.6 Å². The molecule has 1 N–H and O–H groups in total. The van der Waals surface area contributed by atoms with Gasteiger partial charge < -0.3 is 19.5 Å². The Bertz CT molecular complexity index is 680. The molecule has 0 aromatic heterocycles. The standard InChI is InChI=1S/C17H20N2O5/c1-11(2)17(3,10-18)19-15(20)9-24-16(21)12-4-5-13-14(8-12)23-7-6-22-13/h4-5,8,11H,6-7,9H2,1-3H3,(H,19,20)/t17-/m1/s1. The monoisotopic (exact) mass is 332 g/mol. The van der Waals surface area contributed by atoms with Crippen LogP contribution in [-0.4, -0.2) is 37.2 Å². The number of amides is 1. The van der Waals surface area contributed by atoms with E-state index >= 15 is 0 Å². The first-order valence-corrected chi connectivity index (χ1v) is 7.65. The van der Waals surface area contributed by atoms with Crippen LogP contribution in [0.25, 0.3) is 0 Å². The Kier molecular flexibility index (Phi) is 5.29. The van der Waals surface area contributed by atoms with Crippen LogP contribution in [0.5, 0.6) is 11.5 Å². The van der Waals surface area contributed by atoms with Gasteiger partial charge in [-0.15, -0.1) is 0 Å². The molecule has 0 fully saturated rings. The van der Waals surface area contributed by atoms with Crippen LogP contribution in [0.3, 0.4) is 0 Å². The van der Waals surface area contributed by atoms with Gasteiger partial charge in [-0.1, -0.05) is 13.8 Å². The Balaban J connectivity index is 1.93. The summed E-state index contributed by atoms with van der Waals surface area (Å²) in [5.74, 6) is -0.224. The minimum atomic E-state index is -1.01. The van der Waals surface area contributed by atoms with Gasteiger partial charge in [-0.3, -0.25) is 4.79 Å². The lowest BCUT2D eigenvalue weighted by molar-refractivity contribution is -0.125. The summed E-state index contributed by atoms with van der Waals surface area (Å²) in [6, 6.07) is 6.74. The van der Waals surface area contributed by atoms with E-state index in [4.69, 9.17) is 14.2 Å². The zero-order valence-electron chi connectivity index (χ0n) is 13.9. The molecule has 1 aromatic carbocycles. The summed E-state index contributed by atoms with van der Waals surface area (Å²) in [5.41, 5.74) is -0.750. The fourth-order valence-electron chi connectivity index (χ4n) is 2.01. The maximum absolute atomic E-state index is 12.0. The summed E-state index contributed by atoms with van der Waals surface area (Å²) in [6.45, 7) is 5.69. The van der Waals surface area contributed by atoms with Crippen LogP contribution >= 0.6 is 0 Å². The highest BCUT2D eigenvalue weighted by Gasteiger charge is 2.30. The molecule has 0 unspecified atom stereocenters. The molecule has 1 aromatic rings. The van der Waals surface area contributed by atoms with Crippen LogP contribution in [0.4, 0.5) is 0 Å². The van der Waals surface area contributed by atoms with E-state index in [1.165, 1.54) is 6.07 Å². The molecule has 0 radical (unpaired) electrons. The number of nitriles is 1. The van der Waals surface area contributed by atoms with Crippen molar-refractivity contribution in [3.63, 3.8) is 0 Å². The van der Waals surface area contributed by atoms with Crippen molar-refractivity contribution in [2.75, 3.05) is 19.8 Å². The first-order chi connectivity index (χ1) is 11.4. The number of esters is 1. The minimum absolute atomic E-state index is 0.0834. The lowest BCUT2D eigenvalue weighted by Crippen LogP contribution is -2.50. The van der Waals surface area contributed by atoms with Crippen LogP contribution in [0.15, 0.2) is 18.2 Å². The van der Waals surface area contributed by atoms with E-state index < -0.39 is 24.0 Å². The number of fused-ring (bicyclic) bond motifs is 1. The summed E-state index contributed by atoms with van der Waals surface area (Å²) in [6.07, 6.45) is 0. The Morgan fingerprint density at radius 2 is 2.00 bits per heavy atom. The number of rotatable bonds is 5. The van der Waals surface area contributed by atoms with Crippen molar-refractivity contribution < 1.29 is 23.8 Å². The number of ether oxygens (including phenoxy) is 3. The quantitative estimate of drug-likeness (QED) is 0.824. The smallest absolute Gasteiger partial charge is 0.338 e. The number of carbonyl (C=O) groups excluding carboxylic acids is 2. The van der Waals surface area contributed by atoms with Crippen LogP contribution in [-0.2, 0) is 9.53 Å². The summed E-state index contributed by atoms with van der Waals surface area (Å²) in [7, 11) is 0. The van der Waals surface area contributed by atoms with Crippen molar-refractivity contribution in [1.29, 1.82) is 5.26 Å². The second kappa shape index (κ2) is 7.21. The number of hydrogen-bond acceptors (Lipinski definition) is 6. The summed E-state index contributed by atoms with van der Waals surface area (Å²) in [5, 5.41) is 11.8. The number of nitrogens with one attached hydrogen (secondary N) is 1. The van der Waals surface area contributed by atoms with Crippen molar-refractivity contribution in [2.24, 2.45) is 5.92 Å². The van der Waals surface area contributed by atoms with E-state index in [0.717, 1.165) is 0 Å². The molecule has 1 heterocycles. The lowest BCUT2D eigenvalue weighted by atomic mass is 9.90. The molecule has 2 rings (SSSR count). The van der Waals surface area contributed by atoms with Gasteiger partial charge in [-0.25, -0.2) is 4.79 Å². The van der Waals surface area contributed by atoms with E-state index in [1.54, 1.807) is 19.1 Å². The Morgan fingerprint density at radius 1 is 1.33 bits per heavy atom. The molecular formula is C17H20N2O5. The first-order valence-electron chi connectivity index (χ1n) is 7.65. The van der Waals surface area contributed by atoms with Gasteiger partial charge in [0.2, 0.25) is 0 Å². The van der Waals surface area contributed by atoms with Crippen molar-refractivity contribution in [1.82, 2.24) is 5.32 Å². The topological polar surface area (TPSA) is 97.7 Å². The van der Waals surface area contributed by atoms with Crippen molar-refractivity contribution >= 4 is 11.9 Å². The first kappa shape index (κ1) is 17.6. The zero-order valence-corrected chi connectivity index (χ0v) is 13.9. The van der Waals surface area contributed by atoms with Crippen LogP contribution < -0.4 is 14.8 Å². The normalized spacial score (nSPS) is 15.1. The predicted molar refractivity (Wildman–Crippen MR) is 84.7 cm³/mol. The Morgan fingerprint density at radius 3 is 2.62 bits per heavy atom. The maximum atomic E-state index is 12.0. The van der Waals surface area contributed by atoms with Gasteiger partial charge in [0.15, 0.2) is 18.1 Å². The van der Waals surface area contributed by atoms with E-state index in [-0.39, 0.29) is 11.5 Å². The molecule has 128 valence electrons. The third-order valence-electron chi connectivity index (χ3n) is 3.90. The third-order valence-corrected chi connectivity index (χ3v) is 3.90. The average Bonchev–Trinajstić information content (AvgIpc) is 2.58. The molecule has 0 spiro atoms. The van der Waals surface area contributed by atoms with Gasteiger partial charge >= 0.3 is 5.97 Å². The van der Waals surface area contributed by atoms with E-state index in [0.29, 0.717) is 24.7 Å². The predicted octanol–water partition coefficient (Wildman–Crippen LogP) is 1.67. The largest absolute Gasteiger partial charge is 0.486 e. The molecule has 1 aliphatic rings. The second-order valence-electron chi connectivity index (χ2n) is 5.95. The van der Waals surface area contributed by atoms with Gasteiger partial charge in [0.1, 0.15) is 18.8 Å². The summed E-state index contributed by atoms with van der Waals surface area (Å²) < 4.78 is 15.8. The Labute approximate surface area is 140 Å². The van der Waals surface area contributed by atoms with E-state index in [1.807, 2.05) is 13.8 Å². The van der Waals surface area contributed by atoms with Crippen LogP contribution in [0.2, 0.25) is 0 Å². The average molecular weight is 332 g/mol. The lowest BCUT2D eigenvalue weighted by Gasteiger charge is -2.27. The van der Waals surface area contributed by atoms with Crippen LogP contribution in [0, 0.1) is 17.2 Å². The molecule has 7 heteroatoms. The van der Waals surface area contributed by atoms with Gasteiger partial charge in [0.05, 0.1) is 11.6 Å². The fraction of sp³-hybridized carbons (Fsp3) is 0.471. The second-order valence-corrected chi connectivity index (χ2v) is 5.95. The molecule has 0 saturated heterocycles. The van der Waals surface area contributed by atoms with E-state index in [9.17, 15) is 14.9 Å². The minimum Gasteiger partial charge on any atom is -0.486 e. The molecule has 0 bridgehead atoms. The molecule has 7 nitrogen and oxygen atoms in total. The summed E-state index contributed by atoms with van der Waals surface area (Å²) in [4.78, 5) is 23.9. The van der Waals surface area contributed by atoms with Crippen LogP contribution in [0.1, 0.15) is 31.1 Å². The highest BCUT2D eigenvalue weighted by Crippen LogP contribution is 2.30. The molecule has 0 aliphatic carbocycles. The molecule has 1 aliphatic heterocycles. The molecular weight excluding hydrogens is 312 g/mol. The Hall–Kier alpha value is -2.75. The SMILES string of the molecule is CC(C)[C@@](C)(C#N)NC(=O)COC(=O)c1ccc2c(c1)OCCO2. The molecule has 0 saturated carbocycles. The van der Waals surface area contributed by atoms with Gasteiger partial charge in [0.25, 0.3) is 5.91 Å². The molecule has 24 heavy (non-hydrogen) atoms. The van der Waals surface area contributed by atoms with Gasteiger partial charge in [-0.05, 0) is 31.0 Å². The molecule has 1 atom stereocenters. The fourth-order valence-corrected chi connectivity index (χ4v) is 2.01. The zero-order chi connectivity index (χ0) is 17.7. The number of carbonyl (C=O) groups is 2. The highest BCUT2D eigenvalue weighted by atomic mass is 16.6. The molecule has 1 amide bonds. The number of benzene rings is 1. The van der Waals surface area contributed by atoms with Gasteiger partial charge in [0, 0.05) is 0 Å². The van der Waals surface area contributed by atoms with E-state index in [2.05, 4.69) is 11.4 Å². The van der Waals surface area contributed by atoms with Gasteiger partial charge in [-0.2, -0.15) is 5.26 Å². The number of nitrogens with zero attached hydrogens (tertiary/aromatic N) is 1.